The van der Waals surface area contributed by atoms with E-state index in [1.54, 1.807) is 13.4 Å². The molecule has 176 valence electrons. The fourth-order valence-electron chi connectivity index (χ4n) is 4.41. The molecule has 1 unspecified atom stereocenters. The molecule has 0 saturated carbocycles. The smallest absolute Gasteiger partial charge is 0.235 e. The summed E-state index contributed by atoms with van der Waals surface area (Å²) in [4.78, 5) is 7.05. The lowest BCUT2D eigenvalue weighted by atomic mass is 10.2. The third-order valence-corrected chi connectivity index (χ3v) is 6.30. The SMILES string of the molecule is COc1cccc(CN2CCN(C3OC=CN3c3ccc(OCc4ccccc4)cc3)CC2)c1. The van der Waals surface area contributed by atoms with Gasteiger partial charge in [0, 0.05) is 44.6 Å². The fourth-order valence-corrected chi connectivity index (χ4v) is 4.41. The van der Waals surface area contributed by atoms with Crippen LogP contribution in [0.2, 0.25) is 0 Å². The Hall–Kier alpha value is -3.48. The van der Waals surface area contributed by atoms with Crippen LogP contribution in [0.3, 0.4) is 0 Å². The van der Waals surface area contributed by atoms with E-state index in [0.29, 0.717) is 6.61 Å². The molecule has 1 atom stereocenters. The molecule has 5 rings (SSSR count). The number of rotatable bonds is 8. The highest BCUT2D eigenvalue weighted by Crippen LogP contribution is 2.28. The molecule has 3 aromatic carbocycles. The van der Waals surface area contributed by atoms with Crippen LogP contribution in [-0.2, 0) is 17.9 Å². The van der Waals surface area contributed by atoms with E-state index in [4.69, 9.17) is 14.2 Å². The molecular weight excluding hydrogens is 426 g/mol. The fraction of sp³-hybridized carbons (Fsp3) is 0.286. The Morgan fingerprint density at radius 3 is 2.35 bits per heavy atom. The van der Waals surface area contributed by atoms with Gasteiger partial charge in [0.25, 0.3) is 0 Å². The number of piperazine rings is 1. The van der Waals surface area contributed by atoms with Gasteiger partial charge in [-0.15, -0.1) is 0 Å². The first-order chi connectivity index (χ1) is 16.8. The molecular formula is C28H31N3O3. The van der Waals surface area contributed by atoms with Gasteiger partial charge in [0.05, 0.1) is 7.11 Å². The molecule has 1 fully saturated rings. The summed E-state index contributed by atoms with van der Waals surface area (Å²) < 4.78 is 17.3. The van der Waals surface area contributed by atoms with Crippen LogP contribution in [0.4, 0.5) is 5.69 Å². The quantitative estimate of drug-likeness (QED) is 0.489. The summed E-state index contributed by atoms with van der Waals surface area (Å²) in [5.74, 6) is 1.77. The van der Waals surface area contributed by atoms with Crippen molar-refractivity contribution in [2.24, 2.45) is 0 Å². The molecule has 0 spiro atoms. The van der Waals surface area contributed by atoms with Gasteiger partial charge in [0.15, 0.2) is 0 Å². The van der Waals surface area contributed by atoms with Crippen LogP contribution in [0.15, 0.2) is 91.3 Å². The van der Waals surface area contributed by atoms with Gasteiger partial charge in [-0.3, -0.25) is 9.80 Å². The Balaban J connectivity index is 1.15. The van der Waals surface area contributed by atoms with Gasteiger partial charge in [-0.25, -0.2) is 4.90 Å². The molecule has 0 aliphatic carbocycles. The van der Waals surface area contributed by atoms with Crippen molar-refractivity contribution in [1.82, 2.24) is 9.80 Å². The predicted molar refractivity (Wildman–Crippen MR) is 134 cm³/mol. The normalized spacial score (nSPS) is 18.6. The van der Waals surface area contributed by atoms with Gasteiger partial charge in [0.2, 0.25) is 6.35 Å². The summed E-state index contributed by atoms with van der Waals surface area (Å²) in [7, 11) is 1.71. The summed E-state index contributed by atoms with van der Waals surface area (Å²) in [6, 6.07) is 26.8. The summed E-state index contributed by atoms with van der Waals surface area (Å²) in [6.45, 7) is 5.39. The average Bonchev–Trinajstić information content (AvgIpc) is 3.39. The van der Waals surface area contributed by atoms with E-state index in [1.807, 2.05) is 42.6 Å². The molecule has 2 aliphatic rings. The molecule has 0 N–H and O–H groups in total. The second-order valence-electron chi connectivity index (χ2n) is 8.59. The zero-order valence-corrected chi connectivity index (χ0v) is 19.5. The number of methoxy groups -OCH3 is 1. The molecule has 0 radical (unpaired) electrons. The van der Waals surface area contributed by atoms with E-state index >= 15 is 0 Å². The molecule has 34 heavy (non-hydrogen) atoms. The highest BCUT2D eigenvalue weighted by molar-refractivity contribution is 5.52. The van der Waals surface area contributed by atoms with E-state index in [0.717, 1.165) is 55.5 Å². The van der Waals surface area contributed by atoms with Crippen LogP contribution in [0.25, 0.3) is 0 Å². The second kappa shape index (κ2) is 10.6. The van der Waals surface area contributed by atoms with E-state index in [1.165, 1.54) is 5.56 Å². The van der Waals surface area contributed by atoms with E-state index in [2.05, 4.69) is 57.2 Å². The van der Waals surface area contributed by atoms with Crippen molar-refractivity contribution in [1.29, 1.82) is 0 Å². The Labute approximate surface area is 201 Å². The first-order valence-corrected chi connectivity index (χ1v) is 11.7. The molecule has 0 amide bonds. The van der Waals surface area contributed by atoms with Crippen LogP contribution in [0, 0.1) is 0 Å². The van der Waals surface area contributed by atoms with Gasteiger partial charge in [-0.05, 0) is 47.5 Å². The predicted octanol–water partition coefficient (Wildman–Crippen LogP) is 4.68. The van der Waals surface area contributed by atoms with E-state index < -0.39 is 0 Å². The van der Waals surface area contributed by atoms with Gasteiger partial charge >= 0.3 is 0 Å². The molecule has 6 nitrogen and oxygen atoms in total. The molecule has 3 aromatic rings. The van der Waals surface area contributed by atoms with Gasteiger partial charge < -0.3 is 14.2 Å². The summed E-state index contributed by atoms with van der Waals surface area (Å²) in [6.07, 6.45) is 3.68. The Kier molecular flexibility index (Phi) is 6.98. The molecule has 6 heteroatoms. The van der Waals surface area contributed by atoms with Crippen LogP contribution >= 0.6 is 0 Å². The lowest BCUT2D eigenvalue weighted by molar-refractivity contribution is -0.0201. The van der Waals surface area contributed by atoms with Gasteiger partial charge in [-0.1, -0.05) is 42.5 Å². The maximum atomic E-state index is 5.98. The summed E-state index contributed by atoms with van der Waals surface area (Å²) in [5.41, 5.74) is 3.53. The van der Waals surface area contributed by atoms with Crippen LogP contribution < -0.4 is 14.4 Å². The lowest BCUT2D eigenvalue weighted by Gasteiger charge is -2.40. The second-order valence-corrected chi connectivity index (χ2v) is 8.59. The van der Waals surface area contributed by atoms with Crippen molar-refractivity contribution >= 4 is 5.69 Å². The molecule has 0 aromatic heterocycles. The number of nitrogens with zero attached hydrogens (tertiary/aromatic N) is 3. The van der Waals surface area contributed by atoms with Crippen molar-refractivity contribution in [2.45, 2.75) is 19.5 Å². The van der Waals surface area contributed by atoms with Crippen LogP contribution in [-0.4, -0.2) is 49.4 Å². The number of hydrogen-bond acceptors (Lipinski definition) is 6. The molecule has 0 bridgehead atoms. The van der Waals surface area contributed by atoms with Gasteiger partial charge in [-0.2, -0.15) is 0 Å². The average molecular weight is 458 g/mol. The van der Waals surface area contributed by atoms with Crippen LogP contribution in [0.5, 0.6) is 11.5 Å². The minimum atomic E-state index is -0.116. The van der Waals surface area contributed by atoms with E-state index in [-0.39, 0.29) is 6.35 Å². The minimum Gasteiger partial charge on any atom is -0.497 e. The zero-order chi connectivity index (χ0) is 23.2. The standard InChI is InChI=1S/C28H31N3O3/c1-32-27-9-5-8-24(20-27)21-29-14-16-30(17-15-29)28-31(18-19-33-28)25-10-12-26(13-11-25)34-22-23-6-3-2-4-7-23/h2-13,18-20,28H,14-17,21-22H2,1H3. The highest BCUT2D eigenvalue weighted by Gasteiger charge is 2.31. The molecule has 2 heterocycles. The number of anilines is 1. The Morgan fingerprint density at radius 1 is 0.824 bits per heavy atom. The lowest BCUT2D eigenvalue weighted by Crippen LogP contribution is -2.54. The topological polar surface area (TPSA) is 37.4 Å². The number of ether oxygens (including phenoxy) is 3. The van der Waals surface area contributed by atoms with Crippen molar-refractivity contribution in [3.8, 4) is 11.5 Å². The van der Waals surface area contributed by atoms with Crippen molar-refractivity contribution < 1.29 is 14.2 Å². The largest absolute Gasteiger partial charge is 0.497 e. The summed E-state index contributed by atoms with van der Waals surface area (Å²) >= 11 is 0. The Bertz CT molecular complexity index is 1080. The first-order valence-electron chi connectivity index (χ1n) is 11.7. The molecule has 2 aliphatic heterocycles. The Morgan fingerprint density at radius 2 is 1.59 bits per heavy atom. The maximum absolute atomic E-state index is 5.98. The number of benzene rings is 3. The minimum absolute atomic E-state index is 0.116. The monoisotopic (exact) mass is 457 g/mol. The zero-order valence-electron chi connectivity index (χ0n) is 19.5. The molecule has 1 saturated heterocycles. The third-order valence-electron chi connectivity index (χ3n) is 6.30. The highest BCUT2D eigenvalue weighted by atomic mass is 16.5. The number of hydrogen-bond donors (Lipinski definition) is 0. The van der Waals surface area contributed by atoms with Crippen molar-refractivity contribution in [3.63, 3.8) is 0 Å². The maximum Gasteiger partial charge on any atom is 0.235 e. The summed E-state index contributed by atoms with van der Waals surface area (Å²) in [5, 5.41) is 0. The van der Waals surface area contributed by atoms with Crippen molar-refractivity contribution in [3.05, 3.63) is 102 Å². The van der Waals surface area contributed by atoms with Crippen LogP contribution in [0.1, 0.15) is 11.1 Å². The van der Waals surface area contributed by atoms with E-state index in [9.17, 15) is 0 Å². The van der Waals surface area contributed by atoms with Gasteiger partial charge in [0.1, 0.15) is 24.4 Å². The third kappa shape index (κ3) is 5.35. The van der Waals surface area contributed by atoms with Crippen molar-refractivity contribution in [2.75, 3.05) is 38.2 Å². The first kappa shape index (κ1) is 22.3.